The SMILES string of the molecule is OC(C1=CCCCC1)C1Cc2ccccc2C1. The molecule has 0 fully saturated rings. The van der Waals surface area contributed by atoms with Crippen molar-refractivity contribution in [2.75, 3.05) is 0 Å². The van der Waals surface area contributed by atoms with E-state index in [9.17, 15) is 5.11 Å². The van der Waals surface area contributed by atoms with Crippen molar-refractivity contribution in [2.24, 2.45) is 5.92 Å². The van der Waals surface area contributed by atoms with Gasteiger partial charge in [0.25, 0.3) is 0 Å². The van der Waals surface area contributed by atoms with Gasteiger partial charge in [0.05, 0.1) is 6.10 Å². The molecular weight excluding hydrogens is 208 g/mol. The zero-order chi connectivity index (χ0) is 11.7. The Balaban J connectivity index is 1.73. The molecule has 0 bridgehead atoms. The smallest absolute Gasteiger partial charge is 0.0784 e. The third-order valence-corrected chi connectivity index (χ3v) is 4.24. The van der Waals surface area contributed by atoms with Crippen LogP contribution in [0.2, 0.25) is 0 Å². The van der Waals surface area contributed by atoms with Crippen LogP contribution in [0.3, 0.4) is 0 Å². The molecule has 1 heteroatoms. The lowest BCUT2D eigenvalue weighted by atomic mass is 9.87. The summed E-state index contributed by atoms with van der Waals surface area (Å²) in [7, 11) is 0. The van der Waals surface area contributed by atoms with Crippen molar-refractivity contribution in [1.82, 2.24) is 0 Å². The molecule has 1 aromatic carbocycles. The number of allylic oxidation sites excluding steroid dienone is 1. The van der Waals surface area contributed by atoms with Crippen molar-refractivity contribution < 1.29 is 5.11 Å². The van der Waals surface area contributed by atoms with Gasteiger partial charge in [0.1, 0.15) is 0 Å². The summed E-state index contributed by atoms with van der Waals surface area (Å²) in [4.78, 5) is 0. The Morgan fingerprint density at radius 2 is 1.76 bits per heavy atom. The van der Waals surface area contributed by atoms with Gasteiger partial charge in [-0.1, -0.05) is 30.3 Å². The maximum atomic E-state index is 10.5. The van der Waals surface area contributed by atoms with E-state index in [0.717, 1.165) is 25.7 Å². The first-order valence-electron chi connectivity index (χ1n) is 6.78. The minimum absolute atomic E-state index is 0.206. The summed E-state index contributed by atoms with van der Waals surface area (Å²) < 4.78 is 0. The van der Waals surface area contributed by atoms with E-state index < -0.39 is 0 Å². The van der Waals surface area contributed by atoms with Gasteiger partial charge in [-0.3, -0.25) is 0 Å². The summed E-state index contributed by atoms with van der Waals surface area (Å²) in [6, 6.07) is 8.62. The van der Waals surface area contributed by atoms with Gasteiger partial charge in [-0.15, -0.1) is 0 Å². The van der Waals surface area contributed by atoms with Crippen LogP contribution in [0.1, 0.15) is 36.8 Å². The standard InChI is InChI=1S/C16H20O/c17-16(12-6-2-1-3-7-12)15-10-13-8-4-5-9-14(13)11-15/h4-6,8-9,15-17H,1-3,7,10-11H2. The van der Waals surface area contributed by atoms with Crippen LogP contribution in [0, 0.1) is 5.92 Å². The minimum Gasteiger partial charge on any atom is -0.388 e. The number of rotatable bonds is 2. The Hall–Kier alpha value is -1.08. The third-order valence-electron chi connectivity index (χ3n) is 4.24. The van der Waals surface area contributed by atoms with E-state index in [2.05, 4.69) is 30.3 Å². The van der Waals surface area contributed by atoms with Gasteiger partial charge >= 0.3 is 0 Å². The molecule has 0 saturated carbocycles. The molecule has 0 heterocycles. The normalized spacial score (nSPS) is 22.1. The highest BCUT2D eigenvalue weighted by atomic mass is 16.3. The molecule has 0 saturated heterocycles. The number of aliphatic hydroxyl groups excluding tert-OH is 1. The van der Waals surface area contributed by atoms with Crippen LogP contribution < -0.4 is 0 Å². The molecule has 0 aromatic heterocycles. The van der Waals surface area contributed by atoms with Gasteiger partial charge in [-0.25, -0.2) is 0 Å². The van der Waals surface area contributed by atoms with E-state index in [1.54, 1.807) is 0 Å². The highest BCUT2D eigenvalue weighted by molar-refractivity contribution is 5.33. The fraction of sp³-hybridized carbons (Fsp3) is 0.500. The van der Waals surface area contributed by atoms with Gasteiger partial charge in [-0.05, 0) is 61.1 Å². The molecular formula is C16H20O. The van der Waals surface area contributed by atoms with E-state index in [-0.39, 0.29) is 6.10 Å². The van der Waals surface area contributed by atoms with Gasteiger partial charge < -0.3 is 5.11 Å². The molecule has 0 radical (unpaired) electrons. The Morgan fingerprint density at radius 1 is 1.06 bits per heavy atom. The molecule has 1 unspecified atom stereocenters. The second-order valence-corrected chi connectivity index (χ2v) is 5.41. The Bertz CT molecular complexity index is 408. The van der Waals surface area contributed by atoms with Crippen molar-refractivity contribution >= 4 is 0 Å². The van der Waals surface area contributed by atoms with E-state index in [0.29, 0.717) is 5.92 Å². The maximum Gasteiger partial charge on any atom is 0.0784 e. The molecule has 2 aliphatic rings. The number of aliphatic hydroxyl groups is 1. The Labute approximate surface area is 103 Å². The van der Waals surface area contributed by atoms with Crippen molar-refractivity contribution in [1.29, 1.82) is 0 Å². The number of hydrogen-bond acceptors (Lipinski definition) is 1. The predicted octanol–water partition coefficient (Wildman–Crippen LogP) is 3.26. The van der Waals surface area contributed by atoms with Crippen LogP contribution in [-0.4, -0.2) is 11.2 Å². The minimum atomic E-state index is -0.206. The van der Waals surface area contributed by atoms with Gasteiger partial charge in [0.2, 0.25) is 0 Å². The first-order valence-corrected chi connectivity index (χ1v) is 6.78. The molecule has 2 aliphatic carbocycles. The summed E-state index contributed by atoms with van der Waals surface area (Å²) in [6.45, 7) is 0. The highest BCUT2D eigenvalue weighted by Gasteiger charge is 2.29. The summed E-state index contributed by atoms with van der Waals surface area (Å²) in [5.41, 5.74) is 4.18. The molecule has 1 nitrogen and oxygen atoms in total. The number of benzene rings is 1. The van der Waals surface area contributed by atoms with Crippen molar-refractivity contribution in [3.8, 4) is 0 Å². The van der Waals surface area contributed by atoms with Crippen molar-refractivity contribution in [3.05, 3.63) is 47.0 Å². The highest BCUT2D eigenvalue weighted by Crippen LogP contribution is 2.33. The summed E-state index contributed by atoms with van der Waals surface area (Å²) in [5.74, 6) is 0.414. The van der Waals surface area contributed by atoms with Gasteiger partial charge in [0, 0.05) is 0 Å². The van der Waals surface area contributed by atoms with Crippen LogP contribution >= 0.6 is 0 Å². The number of hydrogen-bond donors (Lipinski definition) is 1. The summed E-state index contributed by atoms with van der Waals surface area (Å²) in [5, 5.41) is 10.5. The molecule has 3 rings (SSSR count). The van der Waals surface area contributed by atoms with Crippen molar-refractivity contribution in [3.63, 3.8) is 0 Å². The van der Waals surface area contributed by atoms with E-state index in [4.69, 9.17) is 0 Å². The van der Waals surface area contributed by atoms with Crippen molar-refractivity contribution in [2.45, 2.75) is 44.6 Å². The van der Waals surface area contributed by atoms with E-state index in [1.807, 2.05) is 0 Å². The van der Waals surface area contributed by atoms with Crippen LogP contribution in [0.4, 0.5) is 0 Å². The molecule has 90 valence electrons. The summed E-state index contributed by atoms with van der Waals surface area (Å²) in [6.07, 6.45) is 8.98. The zero-order valence-corrected chi connectivity index (χ0v) is 10.2. The van der Waals surface area contributed by atoms with Gasteiger partial charge in [-0.2, -0.15) is 0 Å². The van der Waals surface area contributed by atoms with Gasteiger partial charge in [0.15, 0.2) is 0 Å². The molecule has 1 N–H and O–H groups in total. The fourth-order valence-corrected chi connectivity index (χ4v) is 3.25. The monoisotopic (exact) mass is 228 g/mol. The fourth-order valence-electron chi connectivity index (χ4n) is 3.25. The lowest BCUT2D eigenvalue weighted by Gasteiger charge is -2.23. The molecule has 0 aliphatic heterocycles. The zero-order valence-electron chi connectivity index (χ0n) is 10.2. The first kappa shape index (κ1) is 11.0. The molecule has 0 amide bonds. The molecule has 1 atom stereocenters. The van der Waals surface area contributed by atoms with Crippen LogP contribution in [0.15, 0.2) is 35.9 Å². The van der Waals surface area contributed by atoms with E-state index in [1.165, 1.54) is 29.5 Å². The van der Waals surface area contributed by atoms with E-state index >= 15 is 0 Å². The second-order valence-electron chi connectivity index (χ2n) is 5.41. The third kappa shape index (κ3) is 2.16. The number of fused-ring (bicyclic) bond motifs is 1. The first-order chi connectivity index (χ1) is 8.34. The topological polar surface area (TPSA) is 20.2 Å². The average molecular weight is 228 g/mol. The molecule has 0 spiro atoms. The average Bonchev–Trinajstić information content (AvgIpc) is 2.82. The molecule has 17 heavy (non-hydrogen) atoms. The maximum absolute atomic E-state index is 10.5. The largest absolute Gasteiger partial charge is 0.388 e. The Morgan fingerprint density at radius 3 is 2.35 bits per heavy atom. The second kappa shape index (κ2) is 4.66. The quantitative estimate of drug-likeness (QED) is 0.770. The predicted molar refractivity (Wildman–Crippen MR) is 69.9 cm³/mol. The lowest BCUT2D eigenvalue weighted by Crippen LogP contribution is -2.24. The summed E-state index contributed by atoms with van der Waals surface area (Å²) >= 11 is 0. The van der Waals surface area contributed by atoms with Crippen LogP contribution in [-0.2, 0) is 12.8 Å². The Kier molecular flexibility index (Phi) is 3.02. The molecule has 1 aromatic rings. The van der Waals surface area contributed by atoms with Crippen LogP contribution in [0.5, 0.6) is 0 Å². The lowest BCUT2D eigenvalue weighted by molar-refractivity contribution is 0.141. The van der Waals surface area contributed by atoms with Crippen LogP contribution in [0.25, 0.3) is 0 Å².